The average Bonchev–Trinajstić information content (AvgIpc) is 3.43. The van der Waals surface area contributed by atoms with Crippen molar-refractivity contribution in [3.63, 3.8) is 0 Å². The molecule has 1 saturated heterocycles. The van der Waals surface area contributed by atoms with Crippen LogP contribution in [0.1, 0.15) is 43.6 Å². The number of likely N-dealkylation sites (tertiary alicyclic amines) is 1. The maximum Gasteiger partial charge on any atom is 0.305 e. The van der Waals surface area contributed by atoms with Gasteiger partial charge in [-0.25, -0.2) is 0 Å². The monoisotopic (exact) mass is 456 g/mol. The Kier molecular flexibility index (Phi) is 7.47. The molecule has 10 nitrogen and oxygen atoms in total. The van der Waals surface area contributed by atoms with Crippen LogP contribution in [0.5, 0.6) is 0 Å². The number of aliphatic carboxylic acids is 1. The first-order valence-electron chi connectivity index (χ1n) is 10.9. The number of benzene rings is 1. The summed E-state index contributed by atoms with van der Waals surface area (Å²) in [7, 11) is 0. The van der Waals surface area contributed by atoms with Gasteiger partial charge in [0, 0.05) is 17.4 Å². The lowest BCUT2D eigenvalue weighted by Gasteiger charge is -2.30. The van der Waals surface area contributed by atoms with Gasteiger partial charge in [0.2, 0.25) is 11.8 Å². The van der Waals surface area contributed by atoms with E-state index >= 15 is 0 Å². The van der Waals surface area contributed by atoms with Crippen LogP contribution in [0.25, 0.3) is 10.9 Å². The van der Waals surface area contributed by atoms with Crippen LogP contribution in [0.3, 0.4) is 0 Å². The van der Waals surface area contributed by atoms with Gasteiger partial charge in [-0.05, 0) is 30.9 Å². The van der Waals surface area contributed by atoms with Crippen LogP contribution in [0.15, 0.2) is 30.3 Å². The van der Waals surface area contributed by atoms with Crippen molar-refractivity contribution in [2.75, 3.05) is 6.54 Å². The van der Waals surface area contributed by atoms with Gasteiger partial charge < -0.3 is 30.4 Å². The lowest BCUT2D eigenvalue weighted by Crippen LogP contribution is -2.56. The number of hydrogen-bond acceptors (Lipinski definition) is 5. The van der Waals surface area contributed by atoms with E-state index < -0.39 is 48.2 Å². The first-order chi connectivity index (χ1) is 15.7. The predicted octanol–water partition coefficient (Wildman–Crippen LogP) is 1.07. The van der Waals surface area contributed by atoms with E-state index in [1.54, 1.807) is 19.9 Å². The Balaban J connectivity index is 1.72. The zero-order valence-corrected chi connectivity index (χ0v) is 18.5. The Hall–Kier alpha value is -3.69. The van der Waals surface area contributed by atoms with Crippen LogP contribution in [0, 0.1) is 5.92 Å². The summed E-state index contributed by atoms with van der Waals surface area (Å²) in [4.78, 5) is 65.3. The molecule has 1 aromatic heterocycles. The number of para-hydroxylation sites is 1. The second kappa shape index (κ2) is 10.3. The number of nitrogens with zero attached hydrogens (tertiary/aromatic N) is 1. The number of carboxylic acids is 1. The third-order valence-electron chi connectivity index (χ3n) is 5.72. The van der Waals surface area contributed by atoms with E-state index in [9.17, 15) is 24.0 Å². The van der Waals surface area contributed by atoms with E-state index in [1.165, 1.54) is 4.90 Å². The minimum Gasteiger partial charge on any atom is -0.481 e. The number of amides is 3. The van der Waals surface area contributed by atoms with Crippen molar-refractivity contribution < 1.29 is 29.1 Å². The molecule has 4 N–H and O–H groups in total. The van der Waals surface area contributed by atoms with Gasteiger partial charge in [-0.2, -0.15) is 0 Å². The number of nitrogens with one attached hydrogen (secondary N) is 3. The van der Waals surface area contributed by atoms with E-state index in [1.807, 2.05) is 24.3 Å². The molecule has 1 aliphatic rings. The van der Waals surface area contributed by atoms with E-state index in [0.29, 0.717) is 31.4 Å². The second-order valence-electron chi connectivity index (χ2n) is 8.50. The maximum absolute atomic E-state index is 13.3. The third kappa shape index (κ3) is 5.57. The number of rotatable bonds is 9. The molecule has 3 atom stereocenters. The first-order valence-corrected chi connectivity index (χ1v) is 10.9. The highest BCUT2D eigenvalue weighted by molar-refractivity contribution is 6.01. The molecule has 176 valence electrons. The van der Waals surface area contributed by atoms with Crippen LogP contribution >= 0.6 is 0 Å². The molecule has 0 bridgehead atoms. The van der Waals surface area contributed by atoms with E-state index in [4.69, 9.17) is 5.11 Å². The molecule has 2 aromatic rings. The van der Waals surface area contributed by atoms with Crippen molar-refractivity contribution in [1.82, 2.24) is 20.5 Å². The molecule has 33 heavy (non-hydrogen) atoms. The van der Waals surface area contributed by atoms with Crippen LogP contribution < -0.4 is 10.6 Å². The standard InChI is InChI=1S/C23H28N4O6/c1-13(2)20(26-21(31)17-10-14-6-3-4-7-16(14)25-17)23(33)27-9-5-8-18(27)22(32)24-15(12-28)11-19(29)30/h3-4,6-7,10,12-13,15,18,20,25H,5,8-9,11H2,1-2H3,(H,24,32)(H,26,31)(H,29,30). The van der Waals surface area contributed by atoms with Crippen molar-refractivity contribution in [2.45, 2.75) is 51.2 Å². The fourth-order valence-electron chi connectivity index (χ4n) is 4.01. The van der Waals surface area contributed by atoms with E-state index in [-0.39, 0.29) is 5.92 Å². The van der Waals surface area contributed by atoms with Crippen molar-refractivity contribution in [2.24, 2.45) is 5.92 Å². The smallest absolute Gasteiger partial charge is 0.305 e. The SMILES string of the molecule is CC(C)C(NC(=O)c1cc2ccccc2[nH]1)C(=O)N1CCCC1C(=O)NC(C=O)CC(=O)O. The summed E-state index contributed by atoms with van der Waals surface area (Å²) < 4.78 is 0. The van der Waals surface area contributed by atoms with Crippen LogP contribution in [-0.4, -0.2) is 69.6 Å². The number of carbonyl (C=O) groups is 5. The average molecular weight is 456 g/mol. The minimum absolute atomic E-state index is 0.245. The van der Waals surface area contributed by atoms with E-state index in [0.717, 1.165) is 10.9 Å². The summed E-state index contributed by atoms with van der Waals surface area (Å²) in [6, 6.07) is 6.28. The number of aromatic amines is 1. The quantitative estimate of drug-likeness (QED) is 0.415. The number of aromatic nitrogens is 1. The van der Waals surface area contributed by atoms with Crippen molar-refractivity contribution in [3.8, 4) is 0 Å². The van der Waals surface area contributed by atoms with Crippen LogP contribution in [-0.2, 0) is 19.2 Å². The summed E-state index contributed by atoms with van der Waals surface area (Å²) in [6.45, 7) is 3.93. The molecule has 2 heterocycles. The number of H-pyrrole nitrogens is 1. The summed E-state index contributed by atoms with van der Waals surface area (Å²) in [5, 5.41) is 14.9. The number of carbonyl (C=O) groups excluding carboxylic acids is 4. The molecular formula is C23H28N4O6. The summed E-state index contributed by atoms with van der Waals surface area (Å²) in [5.74, 6) is -2.87. The lowest BCUT2D eigenvalue weighted by atomic mass is 10.0. The zero-order valence-electron chi connectivity index (χ0n) is 18.5. The molecule has 0 radical (unpaired) electrons. The Bertz CT molecular complexity index is 1030. The molecule has 1 aliphatic heterocycles. The highest BCUT2D eigenvalue weighted by atomic mass is 16.4. The number of fused-ring (bicyclic) bond motifs is 1. The fraction of sp³-hybridized carbons (Fsp3) is 0.435. The molecule has 3 amide bonds. The predicted molar refractivity (Wildman–Crippen MR) is 119 cm³/mol. The van der Waals surface area contributed by atoms with Gasteiger partial charge >= 0.3 is 5.97 Å². The van der Waals surface area contributed by atoms with Gasteiger partial charge in [-0.15, -0.1) is 0 Å². The summed E-state index contributed by atoms with van der Waals surface area (Å²) >= 11 is 0. The highest BCUT2D eigenvalue weighted by Gasteiger charge is 2.39. The van der Waals surface area contributed by atoms with Crippen molar-refractivity contribution >= 4 is 40.9 Å². The van der Waals surface area contributed by atoms with Gasteiger partial charge in [0.25, 0.3) is 5.91 Å². The Morgan fingerprint density at radius 3 is 2.58 bits per heavy atom. The van der Waals surface area contributed by atoms with Gasteiger partial charge in [-0.3, -0.25) is 19.2 Å². The normalized spacial score (nSPS) is 17.5. The molecule has 10 heteroatoms. The molecule has 0 saturated carbocycles. The van der Waals surface area contributed by atoms with E-state index in [2.05, 4.69) is 15.6 Å². The third-order valence-corrected chi connectivity index (χ3v) is 5.72. The van der Waals surface area contributed by atoms with Gasteiger partial charge in [0.15, 0.2) is 0 Å². The van der Waals surface area contributed by atoms with Gasteiger partial charge in [0.1, 0.15) is 24.1 Å². The van der Waals surface area contributed by atoms with Crippen LogP contribution in [0.4, 0.5) is 0 Å². The van der Waals surface area contributed by atoms with Gasteiger partial charge in [0.05, 0.1) is 12.5 Å². The molecule has 0 aliphatic carbocycles. The van der Waals surface area contributed by atoms with Crippen molar-refractivity contribution in [1.29, 1.82) is 0 Å². The number of carboxylic acid groups (broad SMARTS) is 1. The number of aldehydes is 1. The topological polar surface area (TPSA) is 149 Å². The molecule has 3 rings (SSSR count). The molecular weight excluding hydrogens is 428 g/mol. The summed E-state index contributed by atoms with van der Waals surface area (Å²) in [6.07, 6.45) is 0.794. The largest absolute Gasteiger partial charge is 0.481 e. The molecule has 3 unspecified atom stereocenters. The first kappa shape index (κ1) is 24.0. The second-order valence-corrected chi connectivity index (χ2v) is 8.50. The highest BCUT2D eigenvalue weighted by Crippen LogP contribution is 2.21. The zero-order chi connectivity index (χ0) is 24.1. The molecule has 0 spiro atoms. The fourth-order valence-corrected chi connectivity index (χ4v) is 4.01. The van der Waals surface area contributed by atoms with Gasteiger partial charge in [-0.1, -0.05) is 32.0 Å². The Morgan fingerprint density at radius 1 is 1.21 bits per heavy atom. The summed E-state index contributed by atoms with van der Waals surface area (Å²) in [5.41, 5.74) is 1.13. The lowest BCUT2D eigenvalue weighted by molar-refractivity contribution is -0.142. The maximum atomic E-state index is 13.3. The molecule has 1 fully saturated rings. The van der Waals surface area contributed by atoms with Crippen LogP contribution in [0.2, 0.25) is 0 Å². The van der Waals surface area contributed by atoms with Crippen molar-refractivity contribution in [3.05, 3.63) is 36.0 Å². The Labute approximate surface area is 190 Å². The Morgan fingerprint density at radius 2 is 1.94 bits per heavy atom. The number of hydrogen-bond donors (Lipinski definition) is 4. The molecule has 1 aromatic carbocycles. The minimum atomic E-state index is -1.22.